The molecule has 1 aromatic rings. The van der Waals surface area contributed by atoms with E-state index in [9.17, 15) is 0 Å². The second kappa shape index (κ2) is 5.03. The second-order valence-electron chi connectivity index (χ2n) is 2.98. The van der Waals surface area contributed by atoms with Crippen LogP contribution >= 0.6 is 11.6 Å². The highest BCUT2D eigenvalue weighted by Crippen LogP contribution is 2.26. The summed E-state index contributed by atoms with van der Waals surface area (Å²) in [6.07, 6.45) is 1.68. The predicted octanol–water partition coefficient (Wildman–Crippen LogP) is 2.75. The Morgan fingerprint density at radius 2 is 2.36 bits per heavy atom. The fraction of sp³-hybridized carbons (Fsp3) is 0.273. The van der Waals surface area contributed by atoms with Crippen LogP contribution in [0.1, 0.15) is 12.5 Å². The molecular weight excluding hydrogens is 198 g/mol. The molecule has 0 aliphatic rings. The van der Waals surface area contributed by atoms with Gasteiger partial charge >= 0.3 is 0 Å². The van der Waals surface area contributed by atoms with Gasteiger partial charge in [-0.25, -0.2) is 0 Å². The molecule has 0 bridgehead atoms. The van der Waals surface area contributed by atoms with Crippen molar-refractivity contribution in [3.8, 4) is 5.75 Å². The zero-order valence-corrected chi connectivity index (χ0v) is 8.92. The molecule has 0 heterocycles. The summed E-state index contributed by atoms with van der Waals surface area (Å²) in [7, 11) is 0. The molecule has 0 spiro atoms. The van der Waals surface area contributed by atoms with Gasteiger partial charge in [0.1, 0.15) is 11.9 Å². The van der Waals surface area contributed by atoms with Crippen molar-refractivity contribution in [3.05, 3.63) is 41.4 Å². The second-order valence-corrected chi connectivity index (χ2v) is 3.39. The van der Waals surface area contributed by atoms with Crippen LogP contribution in [0.4, 0.5) is 0 Å². The zero-order chi connectivity index (χ0) is 10.6. The molecule has 3 heteroatoms. The van der Waals surface area contributed by atoms with E-state index in [0.717, 1.165) is 11.3 Å². The largest absolute Gasteiger partial charge is 0.486 e. The first-order chi connectivity index (χ1) is 6.69. The number of ether oxygens (including phenoxy) is 1. The highest BCUT2D eigenvalue weighted by atomic mass is 35.5. The van der Waals surface area contributed by atoms with E-state index in [2.05, 4.69) is 6.58 Å². The van der Waals surface area contributed by atoms with Crippen LogP contribution < -0.4 is 10.5 Å². The number of hydrogen-bond donors (Lipinski definition) is 1. The van der Waals surface area contributed by atoms with Crippen LogP contribution in [0.5, 0.6) is 5.75 Å². The van der Waals surface area contributed by atoms with E-state index in [0.29, 0.717) is 11.6 Å². The number of rotatable bonds is 4. The Morgan fingerprint density at radius 1 is 1.64 bits per heavy atom. The monoisotopic (exact) mass is 211 g/mol. The minimum atomic E-state index is -0.0428. The highest BCUT2D eigenvalue weighted by Gasteiger charge is 2.07. The van der Waals surface area contributed by atoms with Gasteiger partial charge in [0.2, 0.25) is 0 Å². The third kappa shape index (κ3) is 2.50. The van der Waals surface area contributed by atoms with Gasteiger partial charge in [-0.05, 0) is 19.1 Å². The minimum Gasteiger partial charge on any atom is -0.486 e. The van der Waals surface area contributed by atoms with Crippen molar-refractivity contribution in [1.82, 2.24) is 0 Å². The van der Waals surface area contributed by atoms with Gasteiger partial charge in [0, 0.05) is 17.1 Å². The molecule has 0 saturated carbocycles. The van der Waals surface area contributed by atoms with Crippen molar-refractivity contribution in [2.24, 2.45) is 5.73 Å². The normalized spacial score (nSPS) is 12.2. The molecule has 0 aromatic heterocycles. The van der Waals surface area contributed by atoms with Gasteiger partial charge in [0.05, 0.1) is 0 Å². The summed E-state index contributed by atoms with van der Waals surface area (Å²) in [4.78, 5) is 0. The molecule has 1 aromatic carbocycles. The van der Waals surface area contributed by atoms with E-state index in [-0.39, 0.29) is 6.10 Å². The lowest BCUT2D eigenvalue weighted by molar-refractivity contribution is 0.267. The van der Waals surface area contributed by atoms with Gasteiger partial charge in [-0.15, -0.1) is 0 Å². The van der Waals surface area contributed by atoms with Gasteiger partial charge in [-0.3, -0.25) is 0 Å². The van der Waals surface area contributed by atoms with Gasteiger partial charge in [0.15, 0.2) is 0 Å². The molecule has 2 N–H and O–H groups in total. The molecule has 1 atom stereocenters. The molecule has 0 fully saturated rings. The molecule has 0 aliphatic heterocycles. The minimum absolute atomic E-state index is 0.0428. The summed E-state index contributed by atoms with van der Waals surface area (Å²) in [5.74, 6) is 0.729. The Balaban J connectivity index is 2.95. The third-order valence-corrected chi connectivity index (χ3v) is 2.28. The first kappa shape index (κ1) is 11.1. The van der Waals surface area contributed by atoms with Crippen LogP contribution in [-0.4, -0.2) is 6.10 Å². The van der Waals surface area contributed by atoms with Crippen molar-refractivity contribution in [1.29, 1.82) is 0 Å². The van der Waals surface area contributed by atoms with Crippen LogP contribution in [-0.2, 0) is 6.54 Å². The van der Waals surface area contributed by atoms with Gasteiger partial charge in [-0.1, -0.05) is 30.3 Å². The Labute approximate surface area is 89.3 Å². The van der Waals surface area contributed by atoms with E-state index >= 15 is 0 Å². The molecule has 0 saturated heterocycles. The molecule has 14 heavy (non-hydrogen) atoms. The number of benzene rings is 1. The average molecular weight is 212 g/mol. The van der Waals surface area contributed by atoms with Crippen LogP contribution in [0.3, 0.4) is 0 Å². The quantitative estimate of drug-likeness (QED) is 0.778. The summed E-state index contributed by atoms with van der Waals surface area (Å²) in [6, 6.07) is 5.50. The predicted molar refractivity (Wildman–Crippen MR) is 59.6 cm³/mol. The molecular formula is C11H14ClNO. The van der Waals surface area contributed by atoms with Crippen molar-refractivity contribution in [2.45, 2.75) is 19.6 Å². The molecule has 2 nitrogen and oxygen atoms in total. The van der Waals surface area contributed by atoms with Crippen molar-refractivity contribution < 1.29 is 4.74 Å². The molecule has 0 aliphatic carbocycles. The number of hydrogen-bond acceptors (Lipinski definition) is 2. The Bertz CT molecular complexity index is 325. The topological polar surface area (TPSA) is 35.2 Å². The van der Waals surface area contributed by atoms with E-state index in [4.69, 9.17) is 22.1 Å². The summed E-state index contributed by atoms with van der Waals surface area (Å²) >= 11 is 5.97. The fourth-order valence-electron chi connectivity index (χ4n) is 1.10. The first-order valence-electron chi connectivity index (χ1n) is 4.45. The van der Waals surface area contributed by atoms with E-state index < -0.39 is 0 Å². The molecule has 1 unspecified atom stereocenters. The maximum absolute atomic E-state index is 5.97. The van der Waals surface area contributed by atoms with Gasteiger partial charge in [-0.2, -0.15) is 0 Å². The average Bonchev–Trinajstić information content (AvgIpc) is 2.18. The lowest BCUT2D eigenvalue weighted by atomic mass is 10.2. The van der Waals surface area contributed by atoms with Crippen molar-refractivity contribution in [3.63, 3.8) is 0 Å². The standard InChI is InChI=1S/C11H14ClNO/c1-3-8(2)14-11-6-4-5-10(12)9(11)7-13/h3-6,8H,1,7,13H2,2H3. The number of halogens is 1. The van der Waals surface area contributed by atoms with Crippen LogP contribution in [0.2, 0.25) is 5.02 Å². The van der Waals surface area contributed by atoms with Crippen LogP contribution in [0.25, 0.3) is 0 Å². The first-order valence-corrected chi connectivity index (χ1v) is 4.83. The van der Waals surface area contributed by atoms with Crippen molar-refractivity contribution in [2.75, 3.05) is 0 Å². The van der Waals surface area contributed by atoms with Crippen LogP contribution in [0, 0.1) is 0 Å². The Morgan fingerprint density at radius 3 is 2.93 bits per heavy atom. The van der Waals surface area contributed by atoms with E-state index in [1.165, 1.54) is 0 Å². The van der Waals surface area contributed by atoms with E-state index in [1.807, 2.05) is 19.1 Å². The lowest BCUT2D eigenvalue weighted by Crippen LogP contribution is -2.10. The van der Waals surface area contributed by atoms with Gasteiger partial charge in [0.25, 0.3) is 0 Å². The molecule has 1 rings (SSSR count). The molecule has 0 amide bonds. The molecule has 76 valence electrons. The third-order valence-electron chi connectivity index (χ3n) is 1.92. The van der Waals surface area contributed by atoms with Crippen molar-refractivity contribution >= 4 is 11.6 Å². The Hall–Kier alpha value is -0.990. The smallest absolute Gasteiger partial charge is 0.126 e. The maximum atomic E-state index is 5.97. The van der Waals surface area contributed by atoms with Gasteiger partial charge < -0.3 is 10.5 Å². The van der Waals surface area contributed by atoms with Crippen LogP contribution in [0.15, 0.2) is 30.9 Å². The Kier molecular flexibility index (Phi) is 3.98. The number of nitrogens with two attached hydrogens (primary N) is 1. The lowest BCUT2D eigenvalue weighted by Gasteiger charge is -2.14. The van der Waals surface area contributed by atoms with E-state index in [1.54, 1.807) is 12.1 Å². The SMILES string of the molecule is C=CC(C)Oc1cccc(Cl)c1CN. The summed E-state index contributed by atoms with van der Waals surface area (Å²) in [5, 5.41) is 0.640. The summed E-state index contributed by atoms with van der Waals surface area (Å²) in [5.41, 5.74) is 6.41. The maximum Gasteiger partial charge on any atom is 0.126 e. The summed E-state index contributed by atoms with van der Waals surface area (Å²) < 4.78 is 5.58. The highest BCUT2D eigenvalue weighted by molar-refractivity contribution is 6.31. The fourth-order valence-corrected chi connectivity index (χ4v) is 1.34. The molecule has 0 radical (unpaired) electrons. The zero-order valence-electron chi connectivity index (χ0n) is 8.16. The summed E-state index contributed by atoms with van der Waals surface area (Å²) in [6.45, 7) is 5.93.